The molecule has 4 heteroatoms. The van der Waals surface area contributed by atoms with Crippen LogP contribution in [0.4, 0.5) is 4.79 Å². The quantitative estimate of drug-likeness (QED) is 0.835. The fourth-order valence-corrected chi connectivity index (χ4v) is 3.26. The molecule has 1 unspecified atom stereocenters. The van der Waals surface area contributed by atoms with Gasteiger partial charge in [0.2, 0.25) is 0 Å². The third kappa shape index (κ3) is 4.65. The molecule has 4 nitrogen and oxygen atoms in total. The first kappa shape index (κ1) is 15.6. The van der Waals surface area contributed by atoms with Crippen molar-refractivity contribution in [2.24, 2.45) is 5.41 Å². The molecule has 20 heavy (non-hydrogen) atoms. The predicted molar refractivity (Wildman–Crippen MR) is 80.7 cm³/mol. The van der Waals surface area contributed by atoms with Crippen LogP contribution in [0.3, 0.4) is 0 Å². The zero-order chi connectivity index (χ0) is 15.0. The minimum atomic E-state index is -0.416. The van der Waals surface area contributed by atoms with Gasteiger partial charge < -0.3 is 15.4 Å². The van der Waals surface area contributed by atoms with E-state index in [1.807, 2.05) is 20.8 Å². The maximum absolute atomic E-state index is 11.6. The summed E-state index contributed by atoms with van der Waals surface area (Å²) in [6.45, 7) is 10.4. The van der Waals surface area contributed by atoms with Gasteiger partial charge in [-0.3, -0.25) is 0 Å². The van der Waals surface area contributed by atoms with Crippen molar-refractivity contribution < 1.29 is 9.53 Å². The smallest absolute Gasteiger partial charge is 0.407 e. The number of carbonyl (C=O) groups excluding carboxylic acids is 1. The summed E-state index contributed by atoms with van der Waals surface area (Å²) in [5.41, 5.74) is 0.0799. The summed E-state index contributed by atoms with van der Waals surface area (Å²) >= 11 is 0. The average molecular weight is 282 g/mol. The summed E-state index contributed by atoms with van der Waals surface area (Å²) < 4.78 is 5.27. The largest absolute Gasteiger partial charge is 0.444 e. The van der Waals surface area contributed by atoms with E-state index in [2.05, 4.69) is 24.5 Å². The van der Waals surface area contributed by atoms with Crippen molar-refractivity contribution in [3.8, 4) is 0 Å². The summed E-state index contributed by atoms with van der Waals surface area (Å²) in [5, 5.41) is 6.67. The molecule has 2 fully saturated rings. The minimum Gasteiger partial charge on any atom is -0.444 e. The molecule has 0 aromatic rings. The van der Waals surface area contributed by atoms with Crippen molar-refractivity contribution >= 4 is 6.09 Å². The van der Waals surface area contributed by atoms with Crippen LogP contribution in [0, 0.1) is 5.41 Å². The fourth-order valence-electron chi connectivity index (χ4n) is 3.26. The Morgan fingerprint density at radius 1 is 1.15 bits per heavy atom. The van der Waals surface area contributed by atoms with Gasteiger partial charge in [-0.15, -0.1) is 0 Å². The van der Waals surface area contributed by atoms with Gasteiger partial charge in [-0.2, -0.15) is 0 Å². The van der Waals surface area contributed by atoms with E-state index in [-0.39, 0.29) is 12.1 Å². The van der Waals surface area contributed by atoms with Gasteiger partial charge in [0.25, 0.3) is 0 Å². The van der Waals surface area contributed by atoms with E-state index < -0.39 is 5.60 Å². The zero-order valence-electron chi connectivity index (χ0n) is 13.6. The molecule has 1 atom stereocenters. The van der Waals surface area contributed by atoms with Gasteiger partial charge >= 0.3 is 6.09 Å². The first-order valence-electron chi connectivity index (χ1n) is 7.88. The molecule has 0 spiro atoms. The van der Waals surface area contributed by atoms with Crippen LogP contribution in [0.5, 0.6) is 0 Å². The van der Waals surface area contributed by atoms with Crippen LogP contribution in [0.25, 0.3) is 0 Å². The Morgan fingerprint density at radius 3 is 2.30 bits per heavy atom. The molecular formula is C16H30N2O2. The van der Waals surface area contributed by atoms with Gasteiger partial charge in [0.1, 0.15) is 5.60 Å². The Morgan fingerprint density at radius 2 is 1.80 bits per heavy atom. The molecular weight excluding hydrogens is 252 g/mol. The van der Waals surface area contributed by atoms with Crippen molar-refractivity contribution in [2.75, 3.05) is 0 Å². The highest BCUT2D eigenvalue weighted by Crippen LogP contribution is 2.38. The Bertz CT molecular complexity index is 354. The predicted octanol–water partition coefficient (Wildman–Crippen LogP) is 3.21. The molecule has 116 valence electrons. The lowest BCUT2D eigenvalue weighted by atomic mass is 9.86. The van der Waals surface area contributed by atoms with Gasteiger partial charge in [0.15, 0.2) is 0 Å². The Hall–Kier alpha value is -0.770. The second kappa shape index (κ2) is 5.55. The topological polar surface area (TPSA) is 50.4 Å². The van der Waals surface area contributed by atoms with Crippen LogP contribution < -0.4 is 10.6 Å². The number of amides is 1. The molecule has 2 aliphatic carbocycles. The van der Waals surface area contributed by atoms with Crippen LogP contribution in [0.15, 0.2) is 0 Å². The number of ether oxygens (including phenoxy) is 1. The van der Waals surface area contributed by atoms with Gasteiger partial charge in [0, 0.05) is 18.1 Å². The third-order valence-electron chi connectivity index (χ3n) is 4.30. The average Bonchev–Trinajstić information content (AvgIpc) is 2.52. The van der Waals surface area contributed by atoms with Crippen LogP contribution in [-0.2, 0) is 4.74 Å². The van der Waals surface area contributed by atoms with E-state index in [1.165, 1.54) is 19.3 Å². The van der Waals surface area contributed by atoms with E-state index >= 15 is 0 Å². The summed E-state index contributed by atoms with van der Waals surface area (Å²) in [7, 11) is 0. The number of carbonyl (C=O) groups is 1. The minimum absolute atomic E-state index is 0.275. The first-order valence-corrected chi connectivity index (χ1v) is 7.88. The van der Waals surface area contributed by atoms with Gasteiger partial charge in [-0.05, 0) is 58.3 Å². The molecule has 0 aliphatic heterocycles. The fraction of sp³-hybridized carbons (Fsp3) is 0.938. The molecule has 0 bridgehead atoms. The highest BCUT2D eigenvalue weighted by Gasteiger charge is 2.36. The number of rotatable bonds is 3. The molecule has 2 aliphatic rings. The molecule has 2 N–H and O–H groups in total. The monoisotopic (exact) mass is 282 g/mol. The third-order valence-corrected chi connectivity index (χ3v) is 4.30. The van der Waals surface area contributed by atoms with Crippen molar-refractivity contribution in [3.05, 3.63) is 0 Å². The molecule has 0 radical (unpaired) electrons. The Labute approximate surface area is 123 Å². The molecule has 2 saturated carbocycles. The van der Waals surface area contributed by atoms with Crippen LogP contribution in [0.1, 0.15) is 66.7 Å². The van der Waals surface area contributed by atoms with Crippen LogP contribution >= 0.6 is 0 Å². The number of hydrogen-bond donors (Lipinski definition) is 2. The van der Waals surface area contributed by atoms with Crippen molar-refractivity contribution in [2.45, 2.75) is 90.4 Å². The summed E-state index contributed by atoms with van der Waals surface area (Å²) in [6, 6.07) is 1.50. The molecule has 0 aromatic carbocycles. The van der Waals surface area contributed by atoms with Gasteiger partial charge in [-0.25, -0.2) is 4.79 Å². The summed E-state index contributed by atoms with van der Waals surface area (Å²) in [5.74, 6) is 0. The second-order valence-electron chi connectivity index (χ2n) is 8.28. The van der Waals surface area contributed by atoms with Crippen LogP contribution in [-0.4, -0.2) is 29.8 Å². The van der Waals surface area contributed by atoms with Crippen molar-refractivity contribution in [3.63, 3.8) is 0 Å². The normalized spacial score (nSPS) is 32.5. The van der Waals surface area contributed by atoms with E-state index in [9.17, 15) is 4.79 Å². The lowest BCUT2D eigenvalue weighted by Crippen LogP contribution is -2.55. The van der Waals surface area contributed by atoms with Gasteiger partial charge in [-0.1, -0.05) is 13.8 Å². The lowest BCUT2D eigenvalue weighted by Gasteiger charge is -2.38. The maximum atomic E-state index is 11.6. The van der Waals surface area contributed by atoms with E-state index in [1.54, 1.807) is 0 Å². The molecule has 0 aromatic heterocycles. The highest BCUT2D eigenvalue weighted by atomic mass is 16.6. The van der Waals surface area contributed by atoms with Crippen molar-refractivity contribution in [1.29, 1.82) is 0 Å². The van der Waals surface area contributed by atoms with E-state index in [0.717, 1.165) is 12.8 Å². The molecule has 0 saturated heterocycles. The molecule has 0 heterocycles. The highest BCUT2D eigenvalue weighted by molar-refractivity contribution is 5.68. The molecule has 2 rings (SSSR count). The summed E-state index contributed by atoms with van der Waals surface area (Å²) in [4.78, 5) is 11.6. The number of alkyl carbamates (subject to hydrolysis) is 1. The lowest BCUT2D eigenvalue weighted by molar-refractivity contribution is 0.0463. The van der Waals surface area contributed by atoms with E-state index in [4.69, 9.17) is 4.74 Å². The Kier molecular flexibility index (Phi) is 4.33. The standard InChI is InChI=1S/C16H30N2O2/c1-15(2,3)20-14(19)18-13-8-12(9-13)17-11-6-7-16(4,5)10-11/h11-13,17H,6-10H2,1-5H3,(H,18,19). The van der Waals surface area contributed by atoms with E-state index in [0.29, 0.717) is 17.5 Å². The number of nitrogens with one attached hydrogen (secondary N) is 2. The SMILES string of the molecule is CC1(C)CCC(NC2CC(NC(=O)OC(C)(C)C)C2)C1. The summed E-state index contributed by atoms with van der Waals surface area (Å²) in [6.07, 6.45) is 5.63. The Balaban J connectivity index is 1.62. The first-order chi connectivity index (χ1) is 9.13. The van der Waals surface area contributed by atoms with Gasteiger partial charge in [0.05, 0.1) is 0 Å². The maximum Gasteiger partial charge on any atom is 0.407 e. The zero-order valence-corrected chi connectivity index (χ0v) is 13.6. The van der Waals surface area contributed by atoms with Crippen LogP contribution in [0.2, 0.25) is 0 Å². The number of hydrogen-bond acceptors (Lipinski definition) is 3. The second-order valence-corrected chi connectivity index (χ2v) is 8.28. The van der Waals surface area contributed by atoms with Crippen molar-refractivity contribution in [1.82, 2.24) is 10.6 Å². The molecule has 1 amide bonds.